The molecule has 0 aliphatic carbocycles. The molecule has 0 heterocycles. The zero-order chi connectivity index (χ0) is 54.5. The number of ether oxygens (including phenoxy) is 2. The lowest BCUT2D eigenvalue weighted by atomic mass is 10.0. The summed E-state index contributed by atoms with van der Waals surface area (Å²) in [5.74, 6) is -0.809. The van der Waals surface area contributed by atoms with Gasteiger partial charge in [-0.3, -0.25) is 18.6 Å². The van der Waals surface area contributed by atoms with Gasteiger partial charge in [-0.05, 0) is 51.4 Å². The van der Waals surface area contributed by atoms with Crippen LogP contribution in [-0.4, -0.2) is 49.3 Å². The van der Waals surface area contributed by atoms with Crippen LogP contribution >= 0.6 is 7.82 Å². The number of carbonyl (C=O) groups excluding carboxylic acids is 2. The minimum absolute atomic E-state index is 0.0553. The molecule has 2 unspecified atom stereocenters. The van der Waals surface area contributed by atoms with E-state index in [4.69, 9.17) is 24.3 Å². The summed E-state index contributed by atoms with van der Waals surface area (Å²) in [4.78, 5) is 35.3. The molecule has 9 nitrogen and oxygen atoms in total. The second-order valence-corrected chi connectivity index (χ2v) is 23.4. The number of esters is 2. The topological polar surface area (TPSA) is 134 Å². The van der Waals surface area contributed by atoms with Crippen molar-refractivity contribution in [2.24, 2.45) is 5.73 Å². The SMILES string of the molecule is CCCCCCC/C=C\C/C=C\C/C=C\CCCCCCCCCCCCCCCCC(=O)OC(COC(=O)CCCCCCCCCCCCCCCCCCCCCCCCCCC)COP(=O)(O)OCCN. The number of phosphoric acid groups is 1. The number of carbonyl (C=O) groups is 2. The zero-order valence-electron chi connectivity index (χ0n) is 49.6. The quantitative estimate of drug-likeness (QED) is 0.0264. The fourth-order valence-corrected chi connectivity index (χ4v) is 10.5. The fraction of sp³-hybridized carbons (Fsp3) is 0.877. The van der Waals surface area contributed by atoms with Crippen molar-refractivity contribution in [2.75, 3.05) is 26.4 Å². The van der Waals surface area contributed by atoms with Crippen molar-refractivity contribution in [2.45, 2.75) is 341 Å². The molecule has 0 saturated carbocycles. The summed E-state index contributed by atoms with van der Waals surface area (Å²) >= 11 is 0. The molecule has 0 fully saturated rings. The Balaban J connectivity index is 3.88. The van der Waals surface area contributed by atoms with E-state index in [1.54, 1.807) is 0 Å². The van der Waals surface area contributed by atoms with Crippen molar-refractivity contribution in [1.29, 1.82) is 0 Å². The molecular formula is C65H124NO8P. The van der Waals surface area contributed by atoms with Gasteiger partial charge in [-0.25, -0.2) is 4.57 Å². The van der Waals surface area contributed by atoms with Crippen LogP contribution in [0.1, 0.15) is 335 Å². The average Bonchev–Trinajstić information content (AvgIpc) is 3.40. The van der Waals surface area contributed by atoms with Crippen LogP contribution in [-0.2, 0) is 32.7 Å². The Morgan fingerprint density at radius 1 is 0.400 bits per heavy atom. The summed E-state index contributed by atoms with van der Waals surface area (Å²) in [5, 5.41) is 0. The van der Waals surface area contributed by atoms with Crippen LogP contribution in [0.15, 0.2) is 36.5 Å². The second-order valence-electron chi connectivity index (χ2n) is 22.0. The van der Waals surface area contributed by atoms with Gasteiger partial charge in [0.15, 0.2) is 6.10 Å². The summed E-state index contributed by atoms with van der Waals surface area (Å²) in [6, 6.07) is 0. The molecule has 0 aromatic carbocycles. The van der Waals surface area contributed by atoms with Crippen molar-refractivity contribution in [3.8, 4) is 0 Å². The molecule has 0 bridgehead atoms. The number of phosphoric ester groups is 1. The molecule has 0 spiro atoms. The van der Waals surface area contributed by atoms with Gasteiger partial charge in [-0.15, -0.1) is 0 Å². The van der Waals surface area contributed by atoms with Gasteiger partial charge in [0, 0.05) is 19.4 Å². The molecular weight excluding hydrogens is 954 g/mol. The molecule has 0 aromatic heterocycles. The van der Waals surface area contributed by atoms with Gasteiger partial charge in [-0.2, -0.15) is 0 Å². The number of allylic oxidation sites excluding steroid dienone is 6. The first-order valence-corrected chi connectivity index (χ1v) is 34.0. The maximum Gasteiger partial charge on any atom is 0.472 e. The van der Waals surface area contributed by atoms with E-state index in [0.29, 0.717) is 6.42 Å². The first-order chi connectivity index (χ1) is 36.8. The molecule has 0 saturated heterocycles. The van der Waals surface area contributed by atoms with Crippen molar-refractivity contribution in [1.82, 2.24) is 0 Å². The van der Waals surface area contributed by atoms with Gasteiger partial charge in [0.1, 0.15) is 6.61 Å². The lowest BCUT2D eigenvalue weighted by Gasteiger charge is -2.19. The minimum Gasteiger partial charge on any atom is -0.462 e. The highest BCUT2D eigenvalue weighted by Gasteiger charge is 2.26. The Labute approximate surface area is 464 Å². The predicted molar refractivity (Wildman–Crippen MR) is 321 cm³/mol. The summed E-state index contributed by atoms with van der Waals surface area (Å²) in [7, 11) is -4.39. The smallest absolute Gasteiger partial charge is 0.462 e. The Morgan fingerprint density at radius 3 is 1.03 bits per heavy atom. The number of hydrogen-bond donors (Lipinski definition) is 2. The lowest BCUT2D eigenvalue weighted by Crippen LogP contribution is -2.29. The first kappa shape index (κ1) is 73.2. The monoisotopic (exact) mass is 1080 g/mol. The Bertz CT molecular complexity index is 1320. The number of nitrogens with two attached hydrogens (primary N) is 1. The average molecular weight is 1080 g/mol. The summed E-state index contributed by atoms with van der Waals surface area (Å²) in [6.45, 7) is 3.80. The molecule has 0 aliphatic rings. The van der Waals surface area contributed by atoms with E-state index in [2.05, 4.69) is 50.3 Å². The molecule has 0 amide bonds. The molecule has 3 N–H and O–H groups in total. The normalized spacial score (nSPS) is 13.2. The Hall–Kier alpha value is -1.77. The van der Waals surface area contributed by atoms with Crippen LogP contribution in [0.3, 0.4) is 0 Å². The number of unbranched alkanes of at least 4 members (excludes halogenated alkanes) is 43. The van der Waals surface area contributed by atoms with E-state index < -0.39 is 26.5 Å². The Kier molecular flexibility index (Phi) is 60.0. The number of rotatable bonds is 62. The van der Waals surface area contributed by atoms with Gasteiger partial charge >= 0.3 is 19.8 Å². The van der Waals surface area contributed by atoms with Gasteiger partial charge < -0.3 is 20.1 Å². The molecule has 75 heavy (non-hydrogen) atoms. The predicted octanol–water partition coefficient (Wildman–Crippen LogP) is 20.7. The van der Waals surface area contributed by atoms with Crippen molar-refractivity contribution in [3.05, 3.63) is 36.5 Å². The van der Waals surface area contributed by atoms with E-state index in [1.165, 1.54) is 250 Å². The Morgan fingerprint density at radius 2 is 0.693 bits per heavy atom. The number of hydrogen-bond acceptors (Lipinski definition) is 8. The van der Waals surface area contributed by atoms with Crippen molar-refractivity contribution >= 4 is 19.8 Å². The van der Waals surface area contributed by atoms with E-state index >= 15 is 0 Å². The molecule has 0 rings (SSSR count). The summed E-state index contributed by atoms with van der Waals surface area (Å²) in [5.41, 5.74) is 5.39. The fourth-order valence-electron chi connectivity index (χ4n) is 9.71. The molecule has 0 aliphatic heterocycles. The molecule has 10 heteroatoms. The third kappa shape index (κ3) is 61.3. The largest absolute Gasteiger partial charge is 0.472 e. The van der Waals surface area contributed by atoms with Gasteiger partial charge in [0.25, 0.3) is 0 Å². The van der Waals surface area contributed by atoms with Gasteiger partial charge in [0.05, 0.1) is 13.2 Å². The summed E-state index contributed by atoms with van der Waals surface area (Å²) in [6.07, 6.45) is 75.1. The van der Waals surface area contributed by atoms with Crippen LogP contribution in [0.4, 0.5) is 0 Å². The third-order valence-electron chi connectivity index (χ3n) is 14.5. The molecule has 2 atom stereocenters. The highest BCUT2D eigenvalue weighted by atomic mass is 31.2. The van der Waals surface area contributed by atoms with Crippen LogP contribution in [0.2, 0.25) is 0 Å². The molecule has 0 aromatic rings. The summed E-state index contributed by atoms with van der Waals surface area (Å²) < 4.78 is 33.1. The third-order valence-corrected chi connectivity index (χ3v) is 15.5. The van der Waals surface area contributed by atoms with E-state index in [0.717, 1.165) is 51.4 Å². The molecule has 0 radical (unpaired) electrons. The molecule has 442 valence electrons. The second kappa shape index (κ2) is 61.4. The van der Waals surface area contributed by atoms with Gasteiger partial charge in [0.2, 0.25) is 0 Å². The zero-order valence-corrected chi connectivity index (χ0v) is 50.4. The van der Waals surface area contributed by atoms with Crippen molar-refractivity contribution in [3.63, 3.8) is 0 Å². The maximum absolute atomic E-state index is 12.7. The first-order valence-electron chi connectivity index (χ1n) is 32.5. The van der Waals surface area contributed by atoms with E-state index in [1.807, 2.05) is 0 Å². The highest BCUT2D eigenvalue weighted by Crippen LogP contribution is 2.43. The van der Waals surface area contributed by atoms with Crippen LogP contribution in [0, 0.1) is 0 Å². The maximum atomic E-state index is 12.7. The standard InChI is InChI=1S/C65H124NO8P/c1-3-5-7-9-11-13-15-17-19-21-23-25-27-29-30-31-32-34-36-38-40-42-44-46-48-50-52-54-56-58-65(68)74-63(62-73-75(69,70)72-60-59-66)61-71-64(67)57-55-53-51-49-47-45-43-41-39-37-35-33-28-26-24-22-20-18-16-14-12-10-8-6-4-2/h15,17,21,23,27,29,63H,3-14,16,18-20,22,24-26,28,30-62,66H2,1-2H3,(H,69,70)/b17-15-,23-21-,29-27-. The van der Waals surface area contributed by atoms with Crippen molar-refractivity contribution < 1.29 is 37.6 Å². The highest BCUT2D eigenvalue weighted by molar-refractivity contribution is 7.47. The van der Waals surface area contributed by atoms with Gasteiger partial charge in [-0.1, -0.05) is 307 Å². The van der Waals surface area contributed by atoms with E-state index in [-0.39, 0.29) is 38.6 Å². The van der Waals surface area contributed by atoms with E-state index in [9.17, 15) is 19.0 Å². The lowest BCUT2D eigenvalue weighted by molar-refractivity contribution is -0.161. The van der Waals surface area contributed by atoms with Crippen LogP contribution < -0.4 is 5.73 Å². The minimum atomic E-state index is -4.39. The van der Waals surface area contributed by atoms with Crippen LogP contribution in [0.5, 0.6) is 0 Å². The van der Waals surface area contributed by atoms with Crippen LogP contribution in [0.25, 0.3) is 0 Å².